The molecule has 0 saturated heterocycles. The van der Waals surface area contributed by atoms with Crippen LogP contribution in [0.4, 0.5) is 18.9 Å². The van der Waals surface area contributed by atoms with Gasteiger partial charge in [0.2, 0.25) is 0 Å². The van der Waals surface area contributed by atoms with Gasteiger partial charge in [-0.2, -0.15) is 0 Å². The first-order valence-electron chi connectivity index (χ1n) is 6.41. The van der Waals surface area contributed by atoms with Gasteiger partial charge >= 0.3 is 12.3 Å². The molecule has 3 rings (SSSR count). The number of fused-ring (bicyclic) bond motifs is 3. The number of halogens is 3. The minimum Gasteiger partial charge on any atom is -0.480 e. The quantitative estimate of drug-likeness (QED) is 0.824. The number of nitrogens with one attached hydrogen (secondary N) is 1. The zero-order chi connectivity index (χ0) is 15.2. The van der Waals surface area contributed by atoms with Crippen LogP contribution in [0.1, 0.15) is 17.9 Å². The van der Waals surface area contributed by atoms with Crippen LogP contribution in [0.3, 0.4) is 0 Å². The topological polar surface area (TPSA) is 58.6 Å². The lowest BCUT2D eigenvalue weighted by Crippen LogP contribution is -2.41. The van der Waals surface area contributed by atoms with Gasteiger partial charge in [0.1, 0.15) is 11.8 Å². The van der Waals surface area contributed by atoms with Crippen molar-refractivity contribution in [3.05, 3.63) is 35.9 Å². The zero-order valence-corrected chi connectivity index (χ0v) is 10.7. The summed E-state index contributed by atoms with van der Waals surface area (Å²) in [6.45, 7) is 0. The lowest BCUT2D eigenvalue weighted by atomic mass is 9.79. The summed E-state index contributed by atoms with van der Waals surface area (Å²) < 4.78 is 40.8. The number of alkyl halides is 3. The Bertz CT molecular complexity index is 612. The molecule has 0 fully saturated rings. The molecule has 21 heavy (non-hydrogen) atoms. The third-order valence-corrected chi connectivity index (χ3v) is 3.83. The van der Waals surface area contributed by atoms with Crippen molar-refractivity contribution in [3.63, 3.8) is 0 Å². The number of anilines is 1. The molecule has 0 spiro atoms. The van der Waals surface area contributed by atoms with Crippen LogP contribution in [0, 0.1) is 5.92 Å². The third kappa shape index (κ3) is 2.55. The Hall–Kier alpha value is -2.18. The number of carboxylic acid groups (broad SMARTS) is 1. The Kier molecular flexibility index (Phi) is 3.07. The first-order valence-corrected chi connectivity index (χ1v) is 6.41. The molecule has 112 valence electrons. The monoisotopic (exact) mass is 299 g/mol. The van der Waals surface area contributed by atoms with E-state index in [4.69, 9.17) is 0 Å². The Morgan fingerprint density at radius 1 is 1.38 bits per heavy atom. The van der Waals surface area contributed by atoms with Crippen molar-refractivity contribution in [2.45, 2.75) is 24.7 Å². The number of allylic oxidation sites excluding steroid dienone is 2. The minimum atomic E-state index is -4.75. The highest BCUT2D eigenvalue weighted by Crippen LogP contribution is 2.45. The van der Waals surface area contributed by atoms with Crippen molar-refractivity contribution in [1.29, 1.82) is 0 Å². The maximum atomic E-state index is 12.3. The van der Waals surface area contributed by atoms with Gasteiger partial charge in [-0.15, -0.1) is 13.2 Å². The summed E-state index contributed by atoms with van der Waals surface area (Å²) in [6, 6.07) is 3.18. The molecule has 0 saturated carbocycles. The van der Waals surface area contributed by atoms with Crippen molar-refractivity contribution in [2.24, 2.45) is 5.92 Å². The van der Waals surface area contributed by atoms with E-state index in [1.165, 1.54) is 18.2 Å². The van der Waals surface area contributed by atoms with E-state index in [0.29, 0.717) is 17.7 Å². The zero-order valence-electron chi connectivity index (χ0n) is 10.7. The van der Waals surface area contributed by atoms with Gasteiger partial charge in [0.05, 0.1) is 0 Å². The molecule has 0 bridgehead atoms. The van der Waals surface area contributed by atoms with Gasteiger partial charge in [-0.25, -0.2) is 4.79 Å². The maximum absolute atomic E-state index is 12.3. The van der Waals surface area contributed by atoms with Gasteiger partial charge in [0.25, 0.3) is 0 Å². The summed E-state index contributed by atoms with van der Waals surface area (Å²) in [7, 11) is 0. The molecule has 3 atom stereocenters. The van der Waals surface area contributed by atoms with Crippen LogP contribution < -0.4 is 10.1 Å². The third-order valence-electron chi connectivity index (χ3n) is 3.83. The Labute approximate surface area is 118 Å². The Morgan fingerprint density at radius 2 is 2.14 bits per heavy atom. The van der Waals surface area contributed by atoms with Crippen LogP contribution in [-0.4, -0.2) is 23.5 Å². The van der Waals surface area contributed by atoms with Crippen molar-refractivity contribution < 1.29 is 27.8 Å². The number of aliphatic carboxylic acids is 1. The van der Waals surface area contributed by atoms with Crippen LogP contribution in [0.15, 0.2) is 30.4 Å². The lowest BCUT2D eigenvalue weighted by Gasteiger charge is -2.34. The van der Waals surface area contributed by atoms with Gasteiger partial charge in [-0.1, -0.05) is 12.2 Å². The van der Waals surface area contributed by atoms with E-state index in [0.717, 1.165) is 0 Å². The number of carboxylic acids is 1. The molecule has 1 aliphatic carbocycles. The summed E-state index contributed by atoms with van der Waals surface area (Å²) in [5.74, 6) is -1.67. The maximum Gasteiger partial charge on any atom is 0.573 e. The molecule has 1 heterocycles. The molecule has 0 radical (unpaired) electrons. The molecule has 0 unspecified atom stereocenters. The largest absolute Gasteiger partial charge is 0.573 e. The highest BCUT2D eigenvalue weighted by molar-refractivity contribution is 5.80. The van der Waals surface area contributed by atoms with Gasteiger partial charge < -0.3 is 15.2 Å². The number of hydrogen-bond acceptors (Lipinski definition) is 3. The molecular weight excluding hydrogens is 287 g/mol. The molecule has 1 aromatic carbocycles. The highest BCUT2D eigenvalue weighted by atomic mass is 19.4. The number of ether oxygens (including phenoxy) is 1. The Morgan fingerprint density at radius 3 is 2.81 bits per heavy atom. The summed E-state index contributed by atoms with van der Waals surface area (Å²) in [5, 5.41) is 12.1. The summed E-state index contributed by atoms with van der Waals surface area (Å²) in [4.78, 5) is 11.3. The fourth-order valence-corrected chi connectivity index (χ4v) is 3.01. The van der Waals surface area contributed by atoms with Crippen molar-refractivity contribution in [1.82, 2.24) is 0 Å². The van der Waals surface area contributed by atoms with Crippen LogP contribution in [0.2, 0.25) is 0 Å². The van der Waals surface area contributed by atoms with E-state index < -0.39 is 18.4 Å². The molecule has 1 aromatic rings. The van der Waals surface area contributed by atoms with Crippen molar-refractivity contribution >= 4 is 11.7 Å². The van der Waals surface area contributed by atoms with E-state index in [1.54, 1.807) is 0 Å². The average molecular weight is 299 g/mol. The second-order valence-corrected chi connectivity index (χ2v) is 5.11. The fraction of sp³-hybridized carbons (Fsp3) is 0.357. The second kappa shape index (κ2) is 4.68. The number of hydrogen-bond donors (Lipinski definition) is 2. The predicted octanol–water partition coefficient (Wildman–Crippen LogP) is 3.12. The molecule has 7 heteroatoms. The molecule has 4 nitrogen and oxygen atoms in total. The van der Waals surface area contributed by atoms with Crippen LogP contribution >= 0.6 is 0 Å². The first kappa shape index (κ1) is 13.8. The molecule has 0 aromatic heterocycles. The van der Waals surface area contributed by atoms with Crippen molar-refractivity contribution in [2.75, 3.05) is 5.32 Å². The van der Waals surface area contributed by atoms with Crippen LogP contribution in [0.5, 0.6) is 5.75 Å². The SMILES string of the molecule is O=C(O)[C@@H]1Nc2ccc(OC(F)(F)F)cc2[C@@H]2C=CC[C@H]12. The van der Waals surface area contributed by atoms with E-state index in [9.17, 15) is 23.1 Å². The Balaban J connectivity index is 1.97. The van der Waals surface area contributed by atoms with Gasteiger partial charge in [0.15, 0.2) is 0 Å². The van der Waals surface area contributed by atoms with Gasteiger partial charge in [0, 0.05) is 17.5 Å². The summed E-state index contributed by atoms with van der Waals surface area (Å²) in [6.07, 6.45) is -0.458. The van der Waals surface area contributed by atoms with Crippen LogP contribution in [-0.2, 0) is 4.79 Å². The standard InChI is InChI=1S/C14H12F3NO3/c15-14(16,17)21-7-4-5-11-10(6-7)8-2-1-3-9(8)12(18-11)13(19)20/h1-2,4-6,8-9,12,18H,3H2,(H,19,20)/t8-,9+,12-/m1/s1. The van der Waals surface area contributed by atoms with E-state index >= 15 is 0 Å². The normalized spacial score (nSPS) is 26.7. The summed E-state index contributed by atoms with van der Waals surface area (Å²) in [5.41, 5.74) is 1.16. The molecule has 0 amide bonds. The van der Waals surface area contributed by atoms with Gasteiger partial charge in [-0.3, -0.25) is 0 Å². The second-order valence-electron chi connectivity index (χ2n) is 5.11. The molecule has 1 aliphatic heterocycles. The highest BCUT2D eigenvalue weighted by Gasteiger charge is 2.41. The molecular formula is C14H12F3NO3. The van der Waals surface area contributed by atoms with E-state index in [1.807, 2.05) is 12.2 Å². The number of rotatable bonds is 2. The fourth-order valence-electron chi connectivity index (χ4n) is 3.01. The van der Waals surface area contributed by atoms with Gasteiger partial charge in [-0.05, 0) is 30.2 Å². The summed E-state index contributed by atoms with van der Waals surface area (Å²) >= 11 is 0. The average Bonchev–Trinajstić information content (AvgIpc) is 2.85. The molecule has 2 N–H and O–H groups in total. The minimum absolute atomic E-state index is 0.198. The van der Waals surface area contributed by atoms with Crippen LogP contribution in [0.25, 0.3) is 0 Å². The number of carbonyl (C=O) groups is 1. The van der Waals surface area contributed by atoms with E-state index in [-0.39, 0.29) is 17.6 Å². The first-order chi connectivity index (χ1) is 9.85. The lowest BCUT2D eigenvalue weighted by molar-refractivity contribution is -0.274. The number of benzene rings is 1. The van der Waals surface area contributed by atoms with E-state index in [2.05, 4.69) is 10.1 Å². The predicted molar refractivity (Wildman–Crippen MR) is 68.2 cm³/mol. The smallest absolute Gasteiger partial charge is 0.480 e. The molecule has 2 aliphatic rings. The van der Waals surface area contributed by atoms with Crippen molar-refractivity contribution in [3.8, 4) is 5.75 Å².